The van der Waals surface area contributed by atoms with Gasteiger partial charge in [0, 0.05) is 24.3 Å². The minimum absolute atomic E-state index is 0.0285. The van der Waals surface area contributed by atoms with Crippen LogP contribution in [0, 0.1) is 0 Å². The van der Waals surface area contributed by atoms with Crippen molar-refractivity contribution in [3.8, 4) is 0 Å². The predicted octanol–water partition coefficient (Wildman–Crippen LogP) is 5.08. The fourth-order valence-electron chi connectivity index (χ4n) is 2.48. The molecule has 0 spiro atoms. The van der Waals surface area contributed by atoms with Crippen LogP contribution in [0.3, 0.4) is 0 Å². The van der Waals surface area contributed by atoms with Gasteiger partial charge in [0.1, 0.15) is 0 Å². The van der Waals surface area contributed by atoms with E-state index >= 15 is 0 Å². The van der Waals surface area contributed by atoms with E-state index in [0.717, 1.165) is 34.1 Å². The van der Waals surface area contributed by atoms with Gasteiger partial charge < -0.3 is 0 Å². The smallest absolute Gasteiger partial charge is 0.230 e. The lowest BCUT2D eigenvalue weighted by atomic mass is 10.1. The van der Waals surface area contributed by atoms with Crippen molar-refractivity contribution in [2.24, 2.45) is 0 Å². The largest absolute Gasteiger partial charge is 0.274 e. The van der Waals surface area contributed by atoms with Gasteiger partial charge in [-0.2, -0.15) is 0 Å². The first-order valence-electron chi connectivity index (χ1n) is 8.06. The van der Waals surface area contributed by atoms with E-state index in [1.54, 1.807) is 29.8 Å². The van der Waals surface area contributed by atoms with Crippen LogP contribution in [0.1, 0.15) is 25.1 Å². The average molecular weight is 370 g/mol. The number of hydrogen-bond donors (Lipinski definition) is 0. The van der Waals surface area contributed by atoms with Crippen LogP contribution in [-0.4, -0.2) is 15.9 Å². The van der Waals surface area contributed by atoms with E-state index in [1.165, 1.54) is 11.3 Å². The zero-order chi connectivity index (χ0) is 17.6. The molecule has 1 amide bonds. The third-order valence-electron chi connectivity index (χ3n) is 3.66. The van der Waals surface area contributed by atoms with Gasteiger partial charge in [-0.15, -0.1) is 23.1 Å². The highest BCUT2D eigenvalue weighted by atomic mass is 32.2. The molecule has 128 valence electrons. The zero-order valence-corrected chi connectivity index (χ0v) is 15.8. The van der Waals surface area contributed by atoms with Gasteiger partial charge in [0.25, 0.3) is 0 Å². The lowest BCUT2D eigenvalue weighted by Gasteiger charge is -2.20. The van der Waals surface area contributed by atoms with E-state index in [4.69, 9.17) is 0 Å². The number of amides is 1. The minimum Gasteiger partial charge on any atom is -0.274 e. The fraction of sp³-hybridized carbons (Fsp3) is 0.211. The second-order valence-corrected chi connectivity index (χ2v) is 7.25. The number of carbonyl (C=O) groups is 1. The van der Waals surface area contributed by atoms with E-state index in [-0.39, 0.29) is 5.91 Å². The number of para-hydroxylation sites is 1. The fourth-order valence-corrected chi connectivity index (χ4v) is 4.22. The van der Waals surface area contributed by atoms with Gasteiger partial charge in [-0.05, 0) is 30.2 Å². The molecule has 6 heteroatoms. The maximum atomic E-state index is 12.3. The first kappa shape index (κ1) is 17.6. The van der Waals surface area contributed by atoms with Crippen LogP contribution in [-0.2, 0) is 17.0 Å². The SMILES string of the molecule is CCc1ccccc1N(C(C)=O)c1nc(CSc2ccccn2)cs1. The standard InChI is InChI=1S/C19H19N3OS2/c1-3-15-8-4-5-9-17(15)22(14(2)23)19-21-16(13-25-19)12-24-18-10-6-7-11-20-18/h4-11,13H,3,12H2,1-2H3. The molecule has 2 heterocycles. The lowest BCUT2D eigenvalue weighted by molar-refractivity contribution is -0.115. The number of thiazole rings is 1. The Hall–Kier alpha value is -2.18. The maximum Gasteiger partial charge on any atom is 0.230 e. The van der Waals surface area contributed by atoms with Crippen molar-refractivity contribution in [2.45, 2.75) is 31.0 Å². The number of nitrogens with zero attached hydrogens (tertiary/aromatic N) is 3. The van der Waals surface area contributed by atoms with Gasteiger partial charge >= 0.3 is 0 Å². The molecule has 0 saturated heterocycles. The monoisotopic (exact) mass is 369 g/mol. The van der Waals surface area contributed by atoms with Crippen molar-refractivity contribution in [1.82, 2.24) is 9.97 Å². The molecule has 25 heavy (non-hydrogen) atoms. The van der Waals surface area contributed by atoms with Crippen LogP contribution >= 0.6 is 23.1 Å². The summed E-state index contributed by atoms with van der Waals surface area (Å²) in [7, 11) is 0. The Morgan fingerprint density at radius 2 is 2.00 bits per heavy atom. The molecule has 3 rings (SSSR count). The summed E-state index contributed by atoms with van der Waals surface area (Å²) in [6.07, 6.45) is 2.65. The molecule has 0 aliphatic carbocycles. The molecular weight excluding hydrogens is 350 g/mol. The summed E-state index contributed by atoms with van der Waals surface area (Å²) in [5, 5.41) is 3.69. The summed E-state index contributed by atoms with van der Waals surface area (Å²) < 4.78 is 0. The van der Waals surface area contributed by atoms with E-state index in [0.29, 0.717) is 5.13 Å². The van der Waals surface area contributed by atoms with Gasteiger partial charge in [-0.3, -0.25) is 9.69 Å². The van der Waals surface area contributed by atoms with Crippen LogP contribution in [0.4, 0.5) is 10.8 Å². The van der Waals surface area contributed by atoms with Crippen LogP contribution in [0.5, 0.6) is 0 Å². The average Bonchev–Trinajstić information content (AvgIpc) is 3.09. The molecule has 0 atom stereocenters. The molecule has 0 N–H and O–H groups in total. The highest BCUT2D eigenvalue weighted by Gasteiger charge is 2.20. The Morgan fingerprint density at radius 1 is 1.20 bits per heavy atom. The van der Waals surface area contributed by atoms with Gasteiger partial charge in [0.15, 0.2) is 5.13 Å². The molecule has 0 unspecified atom stereocenters. The molecular formula is C19H19N3OS2. The summed E-state index contributed by atoms with van der Waals surface area (Å²) in [5.74, 6) is 0.702. The number of aromatic nitrogens is 2. The topological polar surface area (TPSA) is 46.1 Å². The van der Waals surface area contributed by atoms with Gasteiger partial charge in [-0.25, -0.2) is 9.97 Å². The number of rotatable bonds is 6. The summed E-state index contributed by atoms with van der Waals surface area (Å²) in [5.41, 5.74) is 3.00. The maximum absolute atomic E-state index is 12.3. The Kier molecular flexibility index (Phi) is 5.83. The molecule has 3 aromatic rings. The van der Waals surface area contributed by atoms with E-state index in [9.17, 15) is 4.79 Å². The van der Waals surface area contributed by atoms with Crippen molar-refractivity contribution in [3.05, 3.63) is 65.3 Å². The first-order valence-corrected chi connectivity index (χ1v) is 9.92. The molecule has 0 radical (unpaired) electrons. The van der Waals surface area contributed by atoms with Crippen molar-refractivity contribution in [1.29, 1.82) is 0 Å². The third-order valence-corrected chi connectivity index (χ3v) is 5.52. The van der Waals surface area contributed by atoms with Gasteiger partial charge in [0.05, 0.1) is 16.4 Å². The molecule has 4 nitrogen and oxygen atoms in total. The van der Waals surface area contributed by atoms with E-state index in [2.05, 4.69) is 23.0 Å². The van der Waals surface area contributed by atoms with Crippen LogP contribution in [0.15, 0.2) is 59.1 Å². The lowest BCUT2D eigenvalue weighted by Crippen LogP contribution is -2.23. The minimum atomic E-state index is -0.0285. The Bertz CT molecular complexity index is 849. The predicted molar refractivity (Wildman–Crippen MR) is 105 cm³/mol. The number of thioether (sulfide) groups is 1. The van der Waals surface area contributed by atoms with Crippen LogP contribution in [0.25, 0.3) is 0 Å². The summed E-state index contributed by atoms with van der Waals surface area (Å²) in [4.78, 5) is 23.0. The van der Waals surface area contributed by atoms with Crippen LogP contribution in [0.2, 0.25) is 0 Å². The summed E-state index contributed by atoms with van der Waals surface area (Å²) >= 11 is 3.14. The molecule has 0 aliphatic heterocycles. The Morgan fingerprint density at radius 3 is 2.72 bits per heavy atom. The number of hydrogen-bond acceptors (Lipinski definition) is 5. The Balaban J connectivity index is 1.81. The number of anilines is 2. The second kappa shape index (κ2) is 8.27. The molecule has 2 aromatic heterocycles. The molecule has 1 aromatic carbocycles. The van der Waals surface area contributed by atoms with Crippen LogP contribution < -0.4 is 4.90 Å². The molecule has 0 fully saturated rings. The quantitative estimate of drug-likeness (QED) is 0.569. The van der Waals surface area contributed by atoms with Gasteiger partial charge in [0.2, 0.25) is 5.91 Å². The third kappa shape index (κ3) is 4.27. The summed E-state index contributed by atoms with van der Waals surface area (Å²) in [6.45, 7) is 3.67. The number of pyridine rings is 1. The van der Waals surface area contributed by atoms with Crippen molar-refractivity contribution >= 4 is 39.8 Å². The zero-order valence-electron chi connectivity index (χ0n) is 14.2. The van der Waals surface area contributed by atoms with Gasteiger partial charge in [-0.1, -0.05) is 31.2 Å². The molecule has 0 aliphatic rings. The number of carbonyl (C=O) groups excluding carboxylic acids is 1. The number of benzene rings is 1. The highest BCUT2D eigenvalue weighted by Crippen LogP contribution is 2.33. The normalized spacial score (nSPS) is 10.6. The molecule has 0 bridgehead atoms. The van der Waals surface area contributed by atoms with Crippen molar-refractivity contribution in [3.63, 3.8) is 0 Å². The van der Waals surface area contributed by atoms with Crippen molar-refractivity contribution in [2.75, 3.05) is 4.90 Å². The second-order valence-electron chi connectivity index (χ2n) is 5.41. The highest BCUT2D eigenvalue weighted by molar-refractivity contribution is 7.98. The first-order chi connectivity index (χ1) is 12.2. The summed E-state index contributed by atoms with van der Waals surface area (Å²) in [6, 6.07) is 13.8. The van der Waals surface area contributed by atoms with E-state index < -0.39 is 0 Å². The number of aryl methyl sites for hydroxylation is 1. The molecule has 0 saturated carbocycles. The van der Waals surface area contributed by atoms with E-state index in [1.807, 2.05) is 41.8 Å². The van der Waals surface area contributed by atoms with Crippen molar-refractivity contribution < 1.29 is 4.79 Å². The Labute approximate surface area is 155 Å².